The number of aliphatic carboxylic acids is 1. The van der Waals surface area contributed by atoms with Crippen molar-refractivity contribution in [1.82, 2.24) is 0 Å². The van der Waals surface area contributed by atoms with Gasteiger partial charge in [0.15, 0.2) is 0 Å². The summed E-state index contributed by atoms with van der Waals surface area (Å²) in [5.41, 5.74) is 19.9. The van der Waals surface area contributed by atoms with Crippen molar-refractivity contribution >= 4 is 12.3 Å². The van der Waals surface area contributed by atoms with E-state index in [9.17, 15) is 9.59 Å². The first kappa shape index (κ1) is 28.5. The van der Waals surface area contributed by atoms with Crippen LogP contribution in [0.2, 0.25) is 0 Å². The minimum absolute atomic E-state index is 0.520. The zero-order valence-corrected chi connectivity index (χ0v) is 19.6. The SMILES string of the molecule is COc1ccccc1CN.NCCCCC(N)C(=O)O.O=Cc1ccc(-c2ccccc2)cc1. The Morgan fingerprint density at radius 1 is 0.912 bits per heavy atom. The quantitative estimate of drug-likeness (QED) is 0.278. The van der Waals surface area contributed by atoms with Crippen LogP contribution in [0.15, 0.2) is 78.9 Å². The van der Waals surface area contributed by atoms with Gasteiger partial charge < -0.3 is 27.0 Å². The van der Waals surface area contributed by atoms with Gasteiger partial charge in [-0.1, -0.05) is 79.2 Å². The van der Waals surface area contributed by atoms with Gasteiger partial charge in [-0.3, -0.25) is 9.59 Å². The van der Waals surface area contributed by atoms with E-state index in [0.717, 1.165) is 36.0 Å². The Balaban J connectivity index is 0.000000262. The first-order valence-electron chi connectivity index (χ1n) is 11.1. The third-order valence-corrected chi connectivity index (χ3v) is 4.85. The molecule has 7 nitrogen and oxygen atoms in total. The number of unbranched alkanes of at least 4 members (excludes halogenated alkanes) is 1. The molecule has 0 heterocycles. The first-order chi connectivity index (χ1) is 16.5. The summed E-state index contributed by atoms with van der Waals surface area (Å²) < 4.78 is 5.06. The van der Waals surface area contributed by atoms with E-state index in [0.29, 0.717) is 25.1 Å². The maximum Gasteiger partial charge on any atom is 0.320 e. The molecule has 3 aromatic rings. The number of aldehydes is 1. The van der Waals surface area contributed by atoms with Gasteiger partial charge in [-0.25, -0.2) is 0 Å². The molecule has 3 rings (SSSR count). The topological polar surface area (TPSA) is 142 Å². The fourth-order valence-electron chi connectivity index (χ4n) is 2.89. The Kier molecular flexibility index (Phi) is 14.3. The zero-order chi connectivity index (χ0) is 25.2. The molecular weight excluding hydrogens is 430 g/mol. The van der Waals surface area contributed by atoms with Crippen molar-refractivity contribution in [3.8, 4) is 16.9 Å². The van der Waals surface area contributed by atoms with Gasteiger partial charge in [0, 0.05) is 17.7 Å². The van der Waals surface area contributed by atoms with E-state index in [1.807, 2.05) is 66.7 Å². The molecular formula is C27H35N3O4. The summed E-state index contributed by atoms with van der Waals surface area (Å²) in [6.07, 6.45) is 3.02. The molecule has 0 aliphatic heterocycles. The summed E-state index contributed by atoms with van der Waals surface area (Å²) in [4.78, 5) is 20.6. The Morgan fingerprint density at radius 2 is 1.50 bits per heavy atom. The largest absolute Gasteiger partial charge is 0.496 e. The fourth-order valence-corrected chi connectivity index (χ4v) is 2.89. The second-order valence-electron chi connectivity index (χ2n) is 7.35. The van der Waals surface area contributed by atoms with Gasteiger partial charge in [0.2, 0.25) is 0 Å². The van der Waals surface area contributed by atoms with E-state index in [4.69, 9.17) is 27.0 Å². The lowest BCUT2D eigenvalue weighted by atomic mass is 10.0. The molecule has 0 aliphatic carbocycles. The Morgan fingerprint density at radius 3 is 2.00 bits per heavy atom. The number of carbonyl (C=O) groups is 2. The summed E-state index contributed by atoms with van der Waals surface area (Å²) in [6.45, 7) is 1.14. The molecule has 3 aromatic carbocycles. The molecule has 1 unspecified atom stereocenters. The fraction of sp³-hybridized carbons (Fsp3) is 0.259. The molecule has 0 bridgehead atoms. The number of methoxy groups -OCH3 is 1. The van der Waals surface area contributed by atoms with E-state index in [-0.39, 0.29) is 0 Å². The molecule has 7 N–H and O–H groups in total. The summed E-state index contributed by atoms with van der Waals surface area (Å²) >= 11 is 0. The number of hydrogen-bond donors (Lipinski definition) is 4. The minimum Gasteiger partial charge on any atom is -0.496 e. The maximum atomic E-state index is 10.5. The lowest BCUT2D eigenvalue weighted by Crippen LogP contribution is -2.29. The minimum atomic E-state index is -0.933. The van der Waals surface area contributed by atoms with Gasteiger partial charge in [-0.15, -0.1) is 0 Å². The van der Waals surface area contributed by atoms with E-state index in [1.54, 1.807) is 7.11 Å². The van der Waals surface area contributed by atoms with Crippen LogP contribution in [-0.4, -0.2) is 37.1 Å². The van der Waals surface area contributed by atoms with Gasteiger partial charge in [0.05, 0.1) is 7.11 Å². The van der Waals surface area contributed by atoms with Crippen LogP contribution < -0.4 is 21.9 Å². The number of benzene rings is 3. The molecule has 182 valence electrons. The van der Waals surface area contributed by atoms with Crippen molar-refractivity contribution in [2.75, 3.05) is 13.7 Å². The molecule has 0 radical (unpaired) electrons. The second kappa shape index (κ2) is 17.0. The van der Waals surface area contributed by atoms with Crippen molar-refractivity contribution < 1.29 is 19.4 Å². The van der Waals surface area contributed by atoms with Crippen molar-refractivity contribution in [3.05, 3.63) is 90.0 Å². The van der Waals surface area contributed by atoms with E-state index >= 15 is 0 Å². The molecule has 0 aromatic heterocycles. The zero-order valence-electron chi connectivity index (χ0n) is 19.6. The van der Waals surface area contributed by atoms with Crippen LogP contribution in [0.1, 0.15) is 35.2 Å². The van der Waals surface area contributed by atoms with Gasteiger partial charge >= 0.3 is 5.97 Å². The molecule has 0 amide bonds. The summed E-state index contributed by atoms with van der Waals surface area (Å²) in [7, 11) is 1.65. The number of rotatable bonds is 9. The Bertz CT molecular complexity index is 940. The number of hydrogen-bond acceptors (Lipinski definition) is 6. The highest BCUT2D eigenvalue weighted by molar-refractivity contribution is 5.76. The van der Waals surface area contributed by atoms with Crippen LogP contribution in [0.3, 0.4) is 0 Å². The Labute approximate surface area is 201 Å². The summed E-state index contributed by atoms with van der Waals surface area (Å²) in [6, 6.07) is 24.7. The summed E-state index contributed by atoms with van der Waals surface area (Å²) in [5.74, 6) is -0.0676. The predicted octanol–water partition coefficient (Wildman–Crippen LogP) is 3.85. The van der Waals surface area contributed by atoms with Crippen molar-refractivity contribution in [3.63, 3.8) is 0 Å². The molecule has 0 aliphatic rings. The standard InChI is InChI=1S/C13H10O.C8H11NO.C6H14N2O2/c14-10-11-6-8-13(9-7-11)12-4-2-1-3-5-12;1-10-8-5-3-2-4-7(8)6-9;7-4-2-1-3-5(8)6(9)10/h1-10H;2-5H,6,9H2,1H3;5H,1-4,7-8H2,(H,9,10). The molecule has 1 atom stereocenters. The molecule has 0 fully saturated rings. The number of nitrogens with two attached hydrogens (primary N) is 3. The lowest BCUT2D eigenvalue weighted by Gasteiger charge is -2.03. The van der Waals surface area contributed by atoms with Crippen LogP contribution in [0.5, 0.6) is 5.75 Å². The number of ether oxygens (including phenoxy) is 1. The summed E-state index contributed by atoms with van der Waals surface area (Å²) in [5, 5.41) is 8.33. The van der Waals surface area contributed by atoms with E-state index in [2.05, 4.69) is 12.1 Å². The third kappa shape index (κ3) is 10.9. The number of carboxylic acid groups (broad SMARTS) is 1. The van der Waals surface area contributed by atoms with E-state index < -0.39 is 12.0 Å². The van der Waals surface area contributed by atoms with Gasteiger partial charge in [-0.2, -0.15) is 0 Å². The van der Waals surface area contributed by atoms with Crippen LogP contribution in [0, 0.1) is 0 Å². The van der Waals surface area contributed by atoms with Crippen molar-refractivity contribution in [1.29, 1.82) is 0 Å². The van der Waals surface area contributed by atoms with Crippen LogP contribution >= 0.6 is 0 Å². The molecule has 0 saturated heterocycles. The second-order valence-corrected chi connectivity index (χ2v) is 7.35. The first-order valence-corrected chi connectivity index (χ1v) is 11.1. The third-order valence-electron chi connectivity index (χ3n) is 4.85. The van der Waals surface area contributed by atoms with Crippen LogP contribution in [-0.2, 0) is 11.3 Å². The number of carboxylic acids is 1. The highest BCUT2D eigenvalue weighted by Crippen LogP contribution is 2.18. The van der Waals surface area contributed by atoms with Gasteiger partial charge in [-0.05, 0) is 36.6 Å². The van der Waals surface area contributed by atoms with Crippen LogP contribution in [0.4, 0.5) is 0 Å². The maximum absolute atomic E-state index is 10.5. The molecule has 34 heavy (non-hydrogen) atoms. The highest BCUT2D eigenvalue weighted by atomic mass is 16.5. The van der Waals surface area contributed by atoms with Crippen molar-refractivity contribution in [2.45, 2.75) is 31.8 Å². The van der Waals surface area contributed by atoms with Crippen LogP contribution in [0.25, 0.3) is 11.1 Å². The number of carbonyl (C=O) groups excluding carboxylic acids is 1. The molecule has 7 heteroatoms. The normalized spacial score (nSPS) is 10.6. The predicted molar refractivity (Wildman–Crippen MR) is 137 cm³/mol. The average Bonchev–Trinajstić information content (AvgIpc) is 2.90. The Hall–Kier alpha value is -3.52. The number of para-hydroxylation sites is 1. The average molecular weight is 466 g/mol. The monoisotopic (exact) mass is 465 g/mol. The lowest BCUT2D eigenvalue weighted by molar-refractivity contribution is -0.138. The van der Waals surface area contributed by atoms with Crippen molar-refractivity contribution in [2.24, 2.45) is 17.2 Å². The molecule has 0 spiro atoms. The van der Waals surface area contributed by atoms with Gasteiger partial charge in [0.1, 0.15) is 18.1 Å². The smallest absolute Gasteiger partial charge is 0.320 e. The van der Waals surface area contributed by atoms with Gasteiger partial charge in [0.25, 0.3) is 0 Å². The molecule has 0 saturated carbocycles. The van der Waals surface area contributed by atoms with E-state index in [1.165, 1.54) is 5.56 Å². The highest BCUT2D eigenvalue weighted by Gasteiger charge is 2.09.